The summed E-state index contributed by atoms with van der Waals surface area (Å²) in [5, 5.41) is 70.5. The maximum Gasteiger partial charge on any atom is 0.330 e. The van der Waals surface area contributed by atoms with Gasteiger partial charge in [-0.05, 0) is 59.7 Å². The van der Waals surface area contributed by atoms with Crippen LogP contribution in [0.4, 0.5) is 0 Å². The number of benzene rings is 3. The van der Waals surface area contributed by atoms with Crippen molar-refractivity contribution in [2.45, 2.75) is 30.7 Å². The number of carbonyl (C=O) groups excluding carboxylic acids is 2. The van der Waals surface area contributed by atoms with Crippen LogP contribution in [0.15, 0.2) is 66.4 Å². The van der Waals surface area contributed by atoms with E-state index in [9.17, 15) is 45.3 Å². The molecular formula is C30H26O13. The number of ketones is 1. The highest BCUT2D eigenvalue weighted by Crippen LogP contribution is 2.45. The van der Waals surface area contributed by atoms with Gasteiger partial charge < -0.3 is 54.7 Å². The number of phenols is 4. The molecule has 1 fully saturated rings. The monoisotopic (exact) mass is 594 g/mol. The van der Waals surface area contributed by atoms with Crippen LogP contribution in [0.5, 0.6) is 34.5 Å². The lowest BCUT2D eigenvalue weighted by atomic mass is 9.99. The van der Waals surface area contributed by atoms with Gasteiger partial charge in [0.25, 0.3) is 0 Å². The van der Waals surface area contributed by atoms with Crippen molar-refractivity contribution in [2.75, 3.05) is 6.61 Å². The first kappa shape index (κ1) is 29.4. The minimum atomic E-state index is -1.79. The second-order valence-electron chi connectivity index (χ2n) is 9.66. The van der Waals surface area contributed by atoms with Gasteiger partial charge in [0.1, 0.15) is 36.8 Å². The summed E-state index contributed by atoms with van der Waals surface area (Å²) in [7, 11) is 0. The van der Waals surface area contributed by atoms with Crippen molar-refractivity contribution in [1.29, 1.82) is 0 Å². The van der Waals surface area contributed by atoms with Crippen LogP contribution in [0.3, 0.4) is 0 Å². The van der Waals surface area contributed by atoms with Gasteiger partial charge in [0.15, 0.2) is 28.8 Å². The molecule has 3 aromatic rings. The van der Waals surface area contributed by atoms with Gasteiger partial charge in [-0.25, -0.2) is 4.79 Å². The Morgan fingerprint density at radius 3 is 2.30 bits per heavy atom. The van der Waals surface area contributed by atoms with Crippen LogP contribution >= 0.6 is 0 Å². The predicted molar refractivity (Wildman–Crippen MR) is 146 cm³/mol. The van der Waals surface area contributed by atoms with Crippen LogP contribution < -0.4 is 9.47 Å². The molecule has 13 nitrogen and oxygen atoms in total. The molecule has 2 aliphatic rings. The van der Waals surface area contributed by atoms with Crippen LogP contribution in [0.25, 0.3) is 12.2 Å². The molecule has 0 aromatic heterocycles. The Morgan fingerprint density at radius 1 is 0.860 bits per heavy atom. The Hall–Kier alpha value is -5.08. The average molecular weight is 595 g/mol. The van der Waals surface area contributed by atoms with Crippen LogP contribution in [0, 0.1) is 0 Å². The van der Waals surface area contributed by atoms with Gasteiger partial charge in [-0.3, -0.25) is 4.79 Å². The van der Waals surface area contributed by atoms with E-state index in [1.165, 1.54) is 54.6 Å². The molecule has 7 N–H and O–H groups in total. The van der Waals surface area contributed by atoms with Crippen molar-refractivity contribution in [3.63, 3.8) is 0 Å². The molecule has 2 unspecified atom stereocenters. The summed E-state index contributed by atoms with van der Waals surface area (Å²) in [5.41, 5.74) is 0.930. The summed E-state index contributed by atoms with van der Waals surface area (Å²) in [6.07, 6.45) is -4.37. The number of phenolic OH excluding ortho intramolecular Hbond substituents is 4. The molecule has 13 heteroatoms. The van der Waals surface area contributed by atoms with Crippen LogP contribution in [0.2, 0.25) is 0 Å². The average Bonchev–Trinajstić information content (AvgIpc) is 3.30. The lowest BCUT2D eigenvalue weighted by Crippen LogP contribution is -2.60. The first-order chi connectivity index (χ1) is 20.5. The normalized spacial score (nSPS) is 24.1. The van der Waals surface area contributed by atoms with Crippen molar-refractivity contribution >= 4 is 23.9 Å². The van der Waals surface area contributed by atoms with E-state index in [1.54, 1.807) is 12.1 Å². The number of rotatable bonds is 7. The molecule has 5 rings (SSSR count). The zero-order valence-electron chi connectivity index (χ0n) is 22.1. The Bertz CT molecular complexity index is 1590. The topological polar surface area (TPSA) is 213 Å². The quantitative estimate of drug-likeness (QED) is 0.118. The highest BCUT2D eigenvalue weighted by Gasteiger charge is 2.46. The molecule has 0 spiro atoms. The molecule has 43 heavy (non-hydrogen) atoms. The third-order valence-electron chi connectivity index (χ3n) is 6.68. The maximum atomic E-state index is 12.8. The summed E-state index contributed by atoms with van der Waals surface area (Å²) in [6, 6.07) is 12.4. The highest BCUT2D eigenvalue weighted by molar-refractivity contribution is 6.15. The SMILES string of the molecule is O=C(/C=C/c1ccc(O)cc1)OCC1O[C@@H](Oc2ccc3c(c2O)OC(=Cc2ccc(O)c(O)c2)C3=O)C(O)[C@@H](O)[C@@H]1O. The smallest absolute Gasteiger partial charge is 0.330 e. The Labute approximate surface area is 243 Å². The molecule has 5 atom stereocenters. The number of aliphatic hydroxyl groups excluding tert-OH is 3. The summed E-state index contributed by atoms with van der Waals surface area (Å²) in [6.45, 7) is -0.529. The fraction of sp³-hybridized carbons (Fsp3) is 0.200. The Kier molecular flexibility index (Phi) is 8.23. The van der Waals surface area contributed by atoms with Crippen molar-refractivity contribution < 1.29 is 64.3 Å². The minimum Gasteiger partial charge on any atom is -0.508 e. The maximum absolute atomic E-state index is 12.8. The third kappa shape index (κ3) is 6.24. The fourth-order valence-corrected chi connectivity index (χ4v) is 4.33. The summed E-state index contributed by atoms with van der Waals surface area (Å²) < 4.78 is 21.7. The van der Waals surface area contributed by atoms with E-state index in [2.05, 4.69) is 0 Å². The molecule has 3 aromatic carbocycles. The van der Waals surface area contributed by atoms with E-state index in [-0.39, 0.29) is 34.3 Å². The predicted octanol–water partition coefficient (Wildman–Crippen LogP) is 1.57. The molecule has 1 saturated heterocycles. The molecule has 0 amide bonds. The number of aliphatic hydroxyl groups is 3. The number of allylic oxidation sites excluding steroid dienone is 1. The summed E-state index contributed by atoms with van der Waals surface area (Å²) in [5.74, 6) is -3.45. The van der Waals surface area contributed by atoms with E-state index < -0.39 is 60.6 Å². The lowest BCUT2D eigenvalue weighted by molar-refractivity contribution is -0.278. The van der Waals surface area contributed by atoms with Gasteiger partial charge in [0.05, 0.1) is 5.56 Å². The van der Waals surface area contributed by atoms with Crippen LogP contribution in [-0.2, 0) is 14.3 Å². The molecule has 224 valence electrons. The van der Waals surface area contributed by atoms with Crippen molar-refractivity contribution in [2.24, 2.45) is 0 Å². The highest BCUT2D eigenvalue weighted by atomic mass is 16.7. The van der Waals surface area contributed by atoms with Crippen LogP contribution in [-0.4, -0.2) is 84.8 Å². The van der Waals surface area contributed by atoms with Gasteiger partial charge in [-0.1, -0.05) is 18.2 Å². The molecule has 0 aliphatic carbocycles. The number of aromatic hydroxyl groups is 4. The Morgan fingerprint density at radius 2 is 1.58 bits per heavy atom. The zero-order chi connectivity index (χ0) is 30.8. The van der Waals surface area contributed by atoms with Crippen LogP contribution in [0.1, 0.15) is 21.5 Å². The fourth-order valence-electron chi connectivity index (χ4n) is 4.33. The van der Waals surface area contributed by atoms with Gasteiger partial charge in [0.2, 0.25) is 17.8 Å². The van der Waals surface area contributed by atoms with Gasteiger partial charge in [-0.15, -0.1) is 0 Å². The van der Waals surface area contributed by atoms with Gasteiger partial charge >= 0.3 is 5.97 Å². The molecule has 2 heterocycles. The second kappa shape index (κ2) is 12.0. The van der Waals surface area contributed by atoms with E-state index in [0.29, 0.717) is 11.1 Å². The second-order valence-corrected chi connectivity index (χ2v) is 9.66. The summed E-state index contributed by atoms with van der Waals surface area (Å²) in [4.78, 5) is 25.0. The minimum absolute atomic E-state index is 0.00943. The van der Waals surface area contributed by atoms with Crippen molar-refractivity contribution in [1.82, 2.24) is 0 Å². The van der Waals surface area contributed by atoms with Crippen molar-refractivity contribution in [3.8, 4) is 34.5 Å². The van der Waals surface area contributed by atoms with Gasteiger partial charge in [0, 0.05) is 6.08 Å². The number of ether oxygens (including phenoxy) is 4. The number of Topliss-reactive ketones (excluding diaryl/α,β-unsaturated/α-hetero) is 1. The number of esters is 1. The standard InChI is InChI=1S/C30H26O13/c31-16-5-1-14(2-6-16)4-10-23(34)40-13-22-25(36)27(38)28(39)30(43-22)42-20-9-7-17-24(35)21(41-29(17)26(20)37)12-15-3-8-18(32)19(33)11-15/h1-12,22,25,27-28,30-33,36-39H,13H2/b10-4+,21-12?/t22?,25-,27+,28?,30-/m1/s1. The Balaban J connectivity index is 1.26. The van der Waals surface area contributed by atoms with Crippen molar-refractivity contribution in [3.05, 3.63) is 83.1 Å². The van der Waals surface area contributed by atoms with E-state index in [4.69, 9.17) is 18.9 Å². The number of carbonyl (C=O) groups is 2. The van der Waals surface area contributed by atoms with Gasteiger partial charge in [-0.2, -0.15) is 0 Å². The zero-order valence-corrected chi connectivity index (χ0v) is 22.1. The molecule has 0 saturated carbocycles. The van der Waals surface area contributed by atoms with E-state index in [1.807, 2.05) is 0 Å². The number of fused-ring (bicyclic) bond motifs is 1. The first-order valence-corrected chi connectivity index (χ1v) is 12.8. The number of hydrogen-bond donors (Lipinski definition) is 7. The molecular weight excluding hydrogens is 568 g/mol. The number of hydrogen-bond acceptors (Lipinski definition) is 13. The van der Waals surface area contributed by atoms with E-state index >= 15 is 0 Å². The summed E-state index contributed by atoms with van der Waals surface area (Å²) >= 11 is 0. The largest absolute Gasteiger partial charge is 0.508 e. The molecule has 0 radical (unpaired) electrons. The first-order valence-electron chi connectivity index (χ1n) is 12.8. The lowest BCUT2D eigenvalue weighted by Gasteiger charge is -2.39. The molecule has 0 bridgehead atoms. The molecule has 2 aliphatic heterocycles. The van der Waals surface area contributed by atoms with E-state index in [0.717, 1.165) is 6.08 Å². The third-order valence-corrected chi connectivity index (χ3v) is 6.68.